The van der Waals surface area contributed by atoms with Crippen molar-refractivity contribution in [2.24, 2.45) is 11.1 Å². The maximum atomic E-state index is 6.61. The number of rotatable bonds is 5. The van der Waals surface area contributed by atoms with Crippen LogP contribution in [0.5, 0.6) is 0 Å². The average Bonchev–Trinajstić information content (AvgIpc) is 3.20. The summed E-state index contributed by atoms with van der Waals surface area (Å²) >= 11 is 14.5. The number of hydrogen-bond acceptors (Lipinski definition) is 6. The van der Waals surface area contributed by atoms with Gasteiger partial charge in [-0.15, -0.1) is 5.10 Å². The van der Waals surface area contributed by atoms with Gasteiger partial charge in [0.25, 0.3) is 0 Å². The van der Waals surface area contributed by atoms with E-state index in [0.29, 0.717) is 10.0 Å². The molecule has 0 saturated carbocycles. The summed E-state index contributed by atoms with van der Waals surface area (Å²) in [6.07, 6.45) is 3.05. The fourth-order valence-electron chi connectivity index (χ4n) is 4.97. The van der Waals surface area contributed by atoms with Crippen molar-refractivity contribution in [2.45, 2.75) is 71.9 Å². The number of halogens is 2. The molecule has 3 heterocycles. The zero-order valence-corrected chi connectivity index (χ0v) is 22.6. The molecule has 0 bridgehead atoms. The van der Waals surface area contributed by atoms with Crippen LogP contribution in [0.25, 0.3) is 16.2 Å². The first-order valence-electron chi connectivity index (χ1n) is 11.4. The lowest BCUT2D eigenvalue weighted by atomic mass is 9.82. The van der Waals surface area contributed by atoms with Crippen LogP contribution >= 0.6 is 34.5 Å². The van der Waals surface area contributed by atoms with Gasteiger partial charge in [0.05, 0.1) is 10.0 Å². The minimum Gasteiger partial charge on any atom is -0.363 e. The summed E-state index contributed by atoms with van der Waals surface area (Å²) in [5.74, 6) is 0.832. The predicted octanol–water partition coefficient (Wildman–Crippen LogP) is 6.71. The van der Waals surface area contributed by atoms with Crippen molar-refractivity contribution in [3.63, 3.8) is 0 Å². The van der Waals surface area contributed by atoms with E-state index in [9.17, 15) is 0 Å². The van der Waals surface area contributed by atoms with Gasteiger partial charge in [-0.3, -0.25) is 0 Å². The van der Waals surface area contributed by atoms with E-state index >= 15 is 0 Å². The molecule has 1 atom stereocenters. The van der Waals surface area contributed by atoms with Gasteiger partial charge in [0.1, 0.15) is 5.69 Å². The Morgan fingerprint density at radius 1 is 1.21 bits per heavy atom. The topological polar surface area (TPSA) is 71.5 Å². The first-order valence-corrected chi connectivity index (χ1v) is 13.0. The molecule has 4 rings (SSSR count). The van der Waals surface area contributed by atoms with E-state index in [4.69, 9.17) is 39.0 Å². The molecule has 6 nitrogen and oxygen atoms in total. The van der Waals surface area contributed by atoms with Crippen molar-refractivity contribution in [2.75, 3.05) is 23.3 Å². The summed E-state index contributed by atoms with van der Waals surface area (Å²) in [5, 5.41) is 10.7. The van der Waals surface area contributed by atoms with Gasteiger partial charge >= 0.3 is 0 Å². The fourth-order valence-corrected chi connectivity index (χ4v) is 6.29. The summed E-state index contributed by atoms with van der Waals surface area (Å²) in [6.45, 7) is 15.0. The minimum absolute atomic E-state index is 0.154. The quantitative estimate of drug-likeness (QED) is 0.400. The number of nitrogens with one attached hydrogen (secondary N) is 1. The number of hydrogen-bond donors (Lipinski definition) is 2. The van der Waals surface area contributed by atoms with Gasteiger partial charge in [0.15, 0.2) is 5.82 Å². The maximum Gasteiger partial charge on any atom is 0.216 e. The van der Waals surface area contributed by atoms with Gasteiger partial charge in [0.2, 0.25) is 10.1 Å². The zero-order valence-electron chi connectivity index (χ0n) is 20.3. The Morgan fingerprint density at radius 3 is 2.61 bits per heavy atom. The molecule has 180 valence electrons. The molecule has 3 N–H and O–H groups in total. The molecule has 0 radical (unpaired) electrons. The van der Waals surface area contributed by atoms with Gasteiger partial charge in [0, 0.05) is 29.7 Å². The molecule has 0 amide bonds. The lowest BCUT2D eigenvalue weighted by molar-refractivity contribution is 0.302. The van der Waals surface area contributed by atoms with Crippen LogP contribution in [0.3, 0.4) is 0 Å². The standard InChI is InChI=1S/C24H34Cl2N6S/c1-22(2,3)13-23(4,5)29-19-18(15-9-7-10-16(25)17(15)26)28-20-32(19)30-21(33-20)31-12-8-11-24(6,27)14-31/h7,9-10,29H,8,11-14,27H2,1-6H3. The second-order valence-corrected chi connectivity index (χ2v) is 13.1. The molecule has 0 spiro atoms. The van der Waals surface area contributed by atoms with E-state index in [1.54, 1.807) is 17.4 Å². The number of piperidine rings is 1. The Labute approximate surface area is 210 Å². The van der Waals surface area contributed by atoms with Gasteiger partial charge in [-0.2, -0.15) is 4.52 Å². The Balaban J connectivity index is 1.81. The highest BCUT2D eigenvalue weighted by Crippen LogP contribution is 2.41. The van der Waals surface area contributed by atoms with Gasteiger partial charge in [-0.1, -0.05) is 67.4 Å². The number of benzene rings is 1. The Bertz CT molecular complexity index is 1160. The monoisotopic (exact) mass is 508 g/mol. The Hall–Kier alpha value is -1.54. The molecular weight excluding hydrogens is 475 g/mol. The van der Waals surface area contributed by atoms with E-state index in [2.05, 4.69) is 51.8 Å². The van der Waals surface area contributed by atoms with Crippen molar-refractivity contribution in [3.05, 3.63) is 28.2 Å². The van der Waals surface area contributed by atoms with Crippen LogP contribution in [0.1, 0.15) is 60.8 Å². The number of fused-ring (bicyclic) bond motifs is 1. The SMILES string of the molecule is CC(C)(C)CC(C)(C)Nc1c(-c2cccc(Cl)c2Cl)nc2sc(N3CCCC(C)(N)C3)nn12. The number of imidazole rings is 1. The van der Waals surface area contributed by atoms with Crippen LogP contribution in [0.15, 0.2) is 18.2 Å². The van der Waals surface area contributed by atoms with E-state index in [-0.39, 0.29) is 16.5 Å². The highest BCUT2D eigenvalue weighted by atomic mass is 35.5. The Morgan fingerprint density at radius 2 is 1.94 bits per heavy atom. The van der Waals surface area contributed by atoms with Crippen molar-refractivity contribution in [1.82, 2.24) is 14.6 Å². The molecule has 1 aromatic carbocycles. The van der Waals surface area contributed by atoms with Crippen molar-refractivity contribution >= 4 is 50.4 Å². The second kappa shape index (κ2) is 8.59. The summed E-state index contributed by atoms with van der Waals surface area (Å²) in [4.78, 5) is 8.06. The molecule has 3 aromatic rings. The molecule has 2 aromatic heterocycles. The first-order chi connectivity index (χ1) is 15.2. The normalized spacial score (nSPS) is 20.0. The van der Waals surface area contributed by atoms with Crippen LogP contribution in [0.4, 0.5) is 10.9 Å². The lowest BCUT2D eigenvalue weighted by Gasteiger charge is -2.37. The third kappa shape index (κ3) is 5.42. The molecule has 1 unspecified atom stereocenters. The average molecular weight is 510 g/mol. The summed E-state index contributed by atoms with van der Waals surface area (Å²) in [5.41, 5.74) is 7.76. The van der Waals surface area contributed by atoms with Gasteiger partial charge < -0.3 is 16.0 Å². The van der Waals surface area contributed by atoms with Crippen LogP contribution < -0.4 is 16.0 Å². The van der Waals surface area contributed by atoms with Crippen LogP contribution in [0.2, 0.25) is 10.0 Å². The highest BCUT2D eigenvalue weighted by molar-refractivity contribution is 7.20. The van der Waals surface area contributed by atoms with Crippen LogP contribution in [-0.2, 0) is 0 Å². The number of nitrogens with two attached hydrogens (primary N) is 1. The number of aromatic nitrogens is 3. The van der Waals surface area contributed by atoms with E-state index in [1.807, 2.05) is 16.6 Å². The summed E-state index contributed by atoms with van der Waals surface area (Å²) in [6, 6.07) is 5.64. The summed E-state index contributed by atoms with van der Waals surface area (Å²) in [7, 11) is 0. The fraction of sp³-hybridized carbons (Fsp3) is 0.583. The third-order valence-corrected chi connectivity index (χ3v) is 7.62. The molecule has 1 fully saturated rings. The predicted molar refractivity (Wildman–Crippen MR) is 142 cm³/mol. The second-order valence-electron chi connectivity index (χ2n) is 11.4. The molecule has 0 aliphatic carbocycles. The van der Waals surface area contributed by atoms with Gasteiger partial charge in [-0.05, 0) is 51.5 Å². The minimum atomic E-state index is -0.207. The van der Waals surface area contributed by atoms with Crippen LogP contribution in [0, 0.1) is 5.41 Å². The summed E-state index contributed by atoms with van der Waals surface area (Å²) < 4.78 is 1.92. The third-order valence-electron chi connectivity index (χ3n) is 5.83. The molecule has 1 aliphatic rings. The van der Waals surface area contributed by atoms with E-state index in [1.165, 1.54) is 0 Å². The molecule has 1 aliphatic heterocycles. The first kappa shape index (κ1) is 24.6. The van der Waals surface area contributed by atoms with Crippen molar-refractivity contribution < 1.29 is 0 Å². The molecule has 1 saturated heterocycles. The lowest BCUT2D eigenvalue weighted by Crippen LogP contribution is -2.52. The van der Waals surface area contributed by atoms with E-state index < -0.39 is 0 Å². The Kier molecular flexibility index (Phi) is 6.40. The maximum absolute atomic E-state index is 6.61. The molecule has 9 heteroatoms. The number of anilines is 2. The highest BCUT2D eigenvalue weighted by Gasteiger charge is 2.32. The van der Waals surface area contributed by atoms with E-state index in [0.717, 1.165) is 59.5 Å². The zero-order chi connectivity index (χ0) is 24.2. The van der Waals surface area contributed by atoms with Crippen molar-refractivity contribution in [3.8, 4) is 11.3 Å². The molecular formula is C24H34Cl2N6S. The largest absolute Gasteiger partial charge is 0.363 e. The molecule has 33 heavy (non-hydrogen) atoms. The number of nitrogens with zero attached hydrogens (tertiary/aromatic N) is 4. The van der Waals surface area contributed by atoms with Crippen molar-refractivity contribution in [1.29, 1.82) is 0 Å². The smallest absolute Gasteiger partial charge is 0.216 e. The van der Waals surface area contributed by atoms with Gasteiger partial charge in [-0.25, -0.2) is 4.98 Å². The van der Waals surface area contributed by atoms with Crippen LogP contribution in [-0.4, -0.2) is 38.8 Å².